The molecule has 1 saturated heterocycles. The molecule has 3 amide bonds. The maximum Gasteiger partial charge on any atom is 0.417 e. The summed E-state index contributed by atoms with van der Waals surface area (Å²) >= 11 is 0. The van der Waals surface area contributed by atoms with Gasteiger partial charge in [0.15, 0.2) is 0 Å². The molecule has 0 bridgehead atoms. The fraction of sp³-hybridized carbons (Fsp3) is 0.227. The Morgan fingerprint density at radius 3 is 2.40 bits per heavy atom. The Kier molecular flexibility index (Phi) is 5.28. The van der Waals surface area contributed by atoms with Crippen molar-refractivity contribution in [2.45, 2.75) is 25.6 Å². The smallest absolute Gasteiger partial charge is 0.294 e. The highest BCUT2D eigenvalue weighted by molar-refractivity contribution is 6.23. The van der Waals surface area contributed by atoms with Crippen LogP contribution in [0, 0.1) is 29.2 Å². The topological polar surface area (TPSA) is 64.4 Å². The average molecular weight is 410 g/mol. The molecule has 0 aliphatic carbocycles. The van der Waals surface area contributed by atoms with E-state index in [1.165, 1.54) is 17.9 Å². The number of hydrogen-bond donors (Lipinski definition) is 0. The highest BCUT2D eigenvalue weighted by atomic mass is 19.4. The largest absolute Gasteiger partial charge is 0.417 e. The molecule has 3 rings (SSSR count). The van der Waals surface area contributed by atoms with Gasteiger partial charge in [0, 0.05) is 0 Å². The van der Waals surface area contributed by atoms with Crippen LogP contribution in [-0.4, -0.2) is 23.4 Å². The predicted octanol–water partition coefficient (Wildman–Crippen LogP) is 4.08. The monoisotopic (exact) mass is 410 g/mol. The SMILES string of the molecule is CC#CCN1C(=O)N(c2ccc(C#N)c(C(F)(F)F)c2)C(=O)C1(C)c1cc[c]cc1. The lowest BCUT2D eigenvalue weighted by atomic mass is 9.90. The number of amides is 3. The fourth-order valence-corrected chi connectivity index (χ4v) is 3.34. The van der Waals surface area contributed by atoms with Crippen LogP contribution in [0.3, 0.4) is 0 Å². The minimum atomic E-state index is -4.82. The van der Waals surface area contributed by atoms with Gasteiger partial charge in [0.25, 0.3) is 5.91 Å². The van der Waals surface area contributed by atoms with Gasteiger partial charge in [0.05, 0.1) is 29.4 Å². The molecule has 8 heteroatoms. The molecule has 2 aromatic rings. The van der Waals surface area contributed by atoms with Gasteiger partial charge in [-0.3, -0.25) is 9.69 Å². The van der Waals surface area contributed by atoms with Gasteiger partial charge in [-0.2, -0.15) is 18.4 Å². The number of alkyl halides is 3. The number of carbonyl (C=O) groups is 2. The van der Waals surface area contributed by atoms with Gasteiger partial charge < -0.3 is 0 Å². The highest BCUT2D eigenvalue weighted by Gasteiger charge is 2.55. The second-order valence-corrected chi connectivity index (χ2v) is 6.64. The van der Waals surface area contributed by atoms with Crippen molar-refractivity contribution in [2.75, 3.05) is 11.4 Å². The van der Waals surface area contributed by atoms with Crippen molar-refractivity contribution < 1.29 is 22.8 Å². The van der Waals surface area contributed by atoms with Crippen molar-refractivity contribution in [3.63, 3.8) is 0 Å². The molecule has 1 aliphatic heterocycles. The van der Waals surface area contributed by atoms with E-state index in [9.17, 15) is 22.8 Å². The molecule has 1 heterocycles. The first kappa shape index (κ1) is 20.9. The fourth-order valence-electron chi connectivity index (χ4n) is 3.34. The molecule has 1 fully saturated rings. The van der Waals surface area contributed by atoms with Crippen LogP contribution in [0.2, 0.25) is 0 Å². The summed E-state index contributed by atoms with van der Waals surface area (Å²) in [7, 11) is 0. The van der Waals surface area contributed by atoms with E-state index in [0.717, 1.165) is 12.1 Å². The zero-order valence-corrected chi connectivity index (χ0v) is 16.0. The third kappa shape index (κ3) is 3.27. The third-order valence-corrected chi connectivity index (χ3v) is 4.96. The molecule has 1 aliphatic rings. The van der Waals surface area contributed by atoms with Gasteiger partial charge >= 0.3 is 12.2 Å². The summed E-state index contributed by atoms with van der Waals surface area (Å²) in [5.41, 5.74) is -3.07. The number of halogens is 3. The Hall–Kier alpha value is -3.78. The summed E-state index contributed by atoms with van der Waals surface area (Å²) in [4.78, 5) is 28.4. The second-order valence-electron chi connectivity index (χ2n) is 6.64. The van der Waals surface area contributed by atoms with E-state index in [1.54, 1.807) is 31.2 Å². The zero-order valence-electron chi connectivity index (χ0n) is 16.0. The first-order valence-corrected chi connectivity index (χ1v) is 8.80. The van der Waals surface area contributed by atoms with E-state index in [0.29, 0.717) is 16.5 Å². The van der Waals surface area contributed by atoms with Gasteiger partial charge in [0.1, 0.15) is 5.54 Å². The molecular formula is C22H15F3N3O2. The number of rotatable bonds is 3. The lowest BCUT2D eigenvalue weighted by molar-refractivity contribution is -0.137. The molecule has 5 nitrogen and oxygen atoms in total. The Labute approximate surface area is 171 Å². The molecule has 0 saturated carbocycles. The average Bonchev–Trinajstić information content (AvgIpc) is 2.92. The summed E-state index contributed by atoms with van der Waals surface area (Å²) in [6.45, 7) is 3.01. The van der Waals surface area contributed by atoms with Crippen LogP contribution in [0.15, 0.2) is 42.5 Å². The summed E-state index contributed by atoms with van der Waals surface area (Å²) in [5.74, 6) is 4.68. The Bertz CT molecular complexity index is 1110. The van der Waals surface area contributed by atoms with E-state index in [4.69, 9.17) is 5.26 Å². The summed E-state index contributed by atoms with van der Waals surface area (Å²) in [5, 5.41) is 8.99. The van der Waals surface area contributed by atoms with Crippen LogP contribution in [0.5, 0.6) is 0 Å². The molecular weight excluding hydrogens is 395 g/mol. The maximum absolute atomic E-state index is 13.4. The van der Waals surface area contributed by atoms with Crippen molar-refractivity contribution in [2.24, 2.45) is 0 Å². The van der Waals surface area contributed by atoms with Gasteiger partial charge in [-0.05, 0) is 43.7 Å². The highest BCUT2D eigenvalue weighted by Crippen LogP contribution is 2.41. The number of anilines is 1. The van der Waals surface area contributed by atoms with Crippen molar-refractivity contribution in [3.8, 4) is 17.9 Å². The standard InChI is InChI=1S/C22H15F3N3O2/c1-3-4-12-27-20(30)28(19(29)21(27,2)16-8-6-5-7-9-16)17-11-10-15(14-26)18(13-17)22(23,24)25/h6-11,13H,12H2,1-2H3. The Morgan fingerprint density at radius 1 is 1.17 bits per heavy atom. The van der Waals surface area contributed by atoms with Crippen LogP contribution in [-0.2, 0) is 16.5 Å². The molecule has 0 aromatic heterocycles. The number of benzene rings is 2. The molecule has 1 unspecified atom stereocenters. The van der Waals surface area contributed by atoms with Gasteiger partial charge in [-0.25, -0.2) is 9.69 Å². The van der Waals surface area contributed by atoms with E-state index < -0.39 is 34.8 Å². The zero-order chi connectivity index (χ0) is 22.1. The number of urea groups is 1. The second kappa shape index (κ2) is 7.57. The van der Waals surface area contributed by atoms with Crippen molar-refractivity contribution in [1.82, 2.24) is 4.90 Å². The summed E-state index contributed by atoms with van der Waals surface area (Å²) < 4.78 is 40.2. The Morgan fingerprint density at radius 2 is 1.83 bits per heavy atom. The summed E-state index contributed by atoms with van der Waals surface area (Å²) in [6, 6.07) is 12.6. The molecule has 0 spiro atoms. The first-order valence-electron chi connectivity index (χ1n) is 8.80. The number of carbonyl (C=O) groups excluding carboxylic acids is 2. The van der Waals surface area contributed by atoms with Crippen molar-refractivity contribution >= 4 is 17.6 Å². The van der Waals surface area contributed by atoms with Crippen LogP contribution in [0.25, 0.3) is 0 Å². The van der Waals surface area contributed by atoms with E-state index in [1.807, 2.05) is 0 Å². The number of imide groups is 1. The van der Waals surface area contributed by atoms with Crippen molar-refractivity contribution in [1.29, 1.82) is 5.26 Å². The minimum Gasteiger partial charge on any atom is -0.294 e. The molecule has 30 heavy (non-hydrogen) atoms. The third-order valence-electron chi connectivity index (χ3n) is 4.96. The summed E-state index contributed by atoms with van der Waals surface area (Å²) in [6.07, 6.45) is -4.82. The minimum absolute atomic E-state index is 0.0882. The number of nitrogens with zero attached hydrogens (tertiary/aromatic N) is 3. The lowest BCUT2D eigenvalue weighted by Crippen LogP contribution is -2.44. The maximum atomic E-state index is 13.4. The van der Waals surface area contributed by atoms with Crippen molar-refractivity contribution in [3.05, 3.63) is 65.2 Å². The normalized spacial score (nSPS) is 18.8. The first-order chi connectivity index (χ1) is 14.2. The number of hydrogen-bond acceptors (Lipinski definition) is 3. The van der Waals surface area contributed by atoms with Gasteiger partial charge in [0.2, 0.25) is 0 Å². The molecule has 2 aromatic carbocycles. The molecule has 1 radical (unpaired) electrons. The molecule has 0 N–H and O–H groups in total. The predicted molar refractivity (Wildman–Crippen MR) is 102 cm³/mol. The lowest BCUT2D eigenvalue weighted by Gasteiger charge is -2.30. The van der Waals surface area contributed by atoms with Crippen LogP contribution < -0.4 is 4.90 Å². The van der Waals surface area contributed by atoms with Gasteiger partial charge in [-0.1, -0.05) is 30.2 Å². The molecule has 151 valence electrons. The van der Waals surface area contributed by atoms with Gasteiger partial charge in [-0.15, -0.1) is 5.92 Å². The Balaban J connectivity index is 2.18. The van der Waals surface area contributed by atoms with Crippen LogP contribution >= 0.6 is 0 Å². The van der Waals surface area contributed by atoms with E-state index in [2.05, 4.69) is 17.9 Å². The van der Waals surface area contributed by atoms with E-state index in [-0.39, 0.29) is 12.2 Å². The quantitative estimate of drug-likeness (QED) is 0.566. The molecule has 1 atom stereocenters. The van der Waals surface area contributed by atoms with Crippen LogP contribution in [0.1, 0.15) is 30.5 Å². The van der Waals surface area contributed by atoms with Crippen LogP contribution in [0.4, 0.5) is 23.7 Å². The number of nitriles is 1. The van der Waals surface area contributed by atoms with E-state index >= 15 is 0 Å².